The van der Waals surface area contributed by atoms with Crippen molar-refractivity contribution in [2.75, 3.05) is 0 Å². The van der Waals surface area contributed by atoms with Gasteiger partial charge in [-0.25, -0.2) is 0 Å². The first-order valence-corrected chi connectivity index (χ1v) is 4.21. The summed E-state index contributed by atoms with van der Waals surface area (Å²) in [7, 11) is 0. The van der Waals surface area contributed by atoms with Gasteiger partial charge in [-0.3, -0.25) is 4.79 Å². The van der Waals surface area contributed by atoms with Crippen molar-refractivity contribution in [1.29, 1.82) is 0 Å². The molecule has 1 aliphatic rings. The van der Waals surface area contributed by atoms with E-state index in [4.69, 9.17) is 0 Å². The van der Waals surface area contributed by atoms with E-state index in [0.29, 0.717) is 16.3 Å². The zero-order valence-electron chi connectivity index (χ0n) is 6.05. The van der Waals surface area contributed by atoms with Crippen molar-refractivity contribution in [2.45, 2.75) is 26.0 Å². The Morgan fingerprint density at radius 2 is 1.89 bits per heavy atom. The lowest BCUT2D eigenvalue weighted by molar-refractivity contribution is -0.114. The molecule has 0 bridgehead atoms. The molecule has 1 saturated heterocycles. The van der Waals surface area contributed by atoms with Gasteiger partial charge in [-0.1, -0.05) is 32.5 Å². The first-order valence-electron chi connectivity index (χ1n) is 3.33. The standard InChI is InChI=1S/C7H12OS/c1-4-5(2)7(8)9-6(4)3/h4-6H,1-3H3/t4-,5-,6+/m0/s1. The summed E-state index contributed by atoms with van der Waals surface area (Å²) in [6, 6.07) is 0. The number of thioether (sulfide) groups is 1. The molecule has 52 valence electrons. The summed E-state index contributed by atoms with van der Waals surface area (Å²) in [6.45, 7) is 6.29. The molecule has 1 rings (SSSR count). The van der Waals surface area contributed by atoms with Gasteiger partial charge >= 0.3 is 0 Å². The minimum absolute atomic E-state index is 0.282. The van der Waals surface area contributed by atoms with Crippen LogP contribution in [0.25, 0.3) is 0 Å². The molecular weight excluding hydrogens is 132 g/mol. The molecule has 0 saturated carbocycles. The molecule has 3 atom stereocenters. The molecule has 1 fully saturated rings. The van der Waals surface area contributed by atoms with E-state index in [9.17, 15) is 4.79 Å². The van der Waals surface area contributed by atoms with Gasteiger partial charge in [0, 0.05) is 11.2 Å². The summed E-state index contributed by atoms with van der Waals surface area (Å²) in [4.78, 5) is 11.0. The Kier molecular flexibility index (Phi) is 1.85. The fourth-order valence-electron chi connectivity index (χ4n) is 1.02. The molecule has 0 aromatic carbocycles. The van der Waals surface area contributed by atoms with Crippen LogP contribution in [0.1, 0.15) is 20.8 Å². The Hall–Kier alpha value is 0.0200. The highest BCUT2D eigenvalue weighted by atomic mass is 32.2. The van der Waals surface area contributed by atoms with Gasteiger partial charge in [0.05, 0.1) is 0 Å². The van der Waals surface area contributed by atoms with Gasteiger partial charge < -0.3 is 0 Å². The van der Waals surface area contributed by atoms with Crippen molar-refractivity contribution in [3.63, 3.8) is 0 Å². The maximum atomic E-state index is 11.0. The molecule has 1 heterocycles. The van der Waals surface area contributed by atoms with E-state index >= 15 is 0 Å². The number of carbonyl (C=O) groups excluding carboxylic acids is 1. The predicted octanol–water partition coefficient (Wildman–Crippen LogP) is 1.92. The lowest BCUT2D eigenvalue weighted by Gasteiger charge is -2.08. The molecular formula is C7H12OS. The highest BCUT2D eigenvalue weighted by Crippen LogP contribution is 2.37. The Morgan fingerprint density at radius 3 is 2.00 bits per heavy atom. The van der Waals surface area contributed by atoms with E-state index in [1.807, 2.05) is 6.92 Å². The monoisotopic (exact) mass is 144 g/mol. The molecule has 0 radical (unpaired) electrons. The lowest BCUT2D eigenvalue weighted by Crippen LogP contribution is -2.11. The molecule has 0 unspecified atom stereocenters. The quantitative estimate of drug-likeness (QED) is 0.516. The molecule has 2 heteroatoms. The van der Waals surface area contributed by atoms with Crippen molar-refractivity contribution in [2.24, 2.45) is 11.8 Å². The van der Waals surface area contributed by atoms with Crippen LogP contribution >= 0.6 is 11.8 Å². The average molecular weight is 144 g/mol. The smallest absolute Gasteiger partial charge is 0.192 e. The second kappa shape index (κ2) is 2.33. The molecule has 0 N–H and O–H groups in total. The van der Waals surface area contributed by atoms with Crippen molar-refractivity contribution in [3.05, 3.63) is 0 Å². The number of hydrogen-bond acceptors (Lipinski definition) is 2. The van der Waals surface area contributed by atoms with Gasteiger partial charge in [-0.15, -0.1) is 0 Å². The van der Waals surface area contributed by atoms with Crippen LogP contribution in [-0.2, 0) is 4.79 Å². The van der Waals surface area contributed by atoms with E-state index < -0.39 is 0 Å². The van der Waals surface area contributed by atoms with Crippen LogP contribution in [0, 0.1) is 11.8 Å². The number of rotatable bonds is 0. The Morgan fingerprint density at radius 1 is 1.33 bits per heavy atom. The van der Waals surface area contributed by atoms with Crippen LogP contribution < -0.4 is 0 Å². The van der Waals surface area contributed by atoms with Gasteiger partial charge in [0.2, 0.25) is 0 Å². The average Bonchev–Trinajstić information content (AvgIpc) is 1.98. The second-order valence-electron chi connectivity index (χ2n) is 2.79. The second-order valence-corrected chi connectivity index (χ2v) is 4.17. The third-order valence-electron chi connectivity index (χ3n) is 2.20. The SMILES string of the molecule is C[C@H]1[C@H](C)C(=O)S[C@@H]1C. The fraction of sp³-hybridized carbons (Fsp3) is 0.857. The predicted molar refractivity (Wildman–Crippen MR) is 40.4 cm³/mol. The van der Waals surface area contributed by atoms with Gasteiger partial charge in [-0.2, -0.15) is 0 Å². The van der Waals surface area contributed by atoms with Crippen molar-refractivity contribution < 1.29 is 4.79 Å². The third kappa shape index (κ3) is 1.13. The van der Waals surface area contributed by atoms with Gasteiger partial charge in [0.1, 0.15) is 0 Å². The fourth-order valence-corrected chi connectivity index (χ4v) is 2.27. The molecule has 9 heavy (non-hydrogen) atoms. The zero-order valence-corrected chi connectivity index (χ0v) is 6.87. The van der Waals surface area contributed by atoms with Crippen LogP contribution in [0.5, 0.6) is 0 Å². The zero-order chi connectivity index (χ0) is 7.02. The summed E-state index contributed by atoms with van der Waals surface area (Å²) >= 11 is 1.50. The minimum atomic E-state index is 0.282. The van der Waals surface area contributed by atoms with E-state index in [1.54, 1.807) is 0 Å². The molecule has 0 aliphatic carbocycles. The first kappa shape index (κ1) is 7.13. The van der Waals surface area contributed by atoms with E-state index in [2.05, 4.69) is 13.8 Å². The third-order valence-corrected chi connectivity index (χ3v) is 3.61. The molecule has 0 spiro atoms. The van der Waals surface area contributed by atoms with Gasteiger partial charge in [0.25, 0.3) is 0 Å². The van der Waals surface area contributed by atoms with Crippen LogP contribution in [0.4, 0.5) is 0 Å². The maximum Gasteiger partial charge on any atom is 0.192 e. The number of hydrogen-bond donors (Lipinski definition) is 0. The molecule has 1 aliphatic heterocycles. The number of carbonyl (C=O) groups is 1. The van der Waals surface area contributed by atoms with E-state index in [0.717, 1.165) is 0 Å². The van der Waals surface area contributed by atoms with Gasteiger partial charge in [0.15, 0.2) is 5.12 Å². The van der Waals surface area contributed by atoms with E-state index in [-0.39, 0.29) is 5.92 Å². The maximum absolute atomic E-state index is 11.0. The normalized spacial score (nSPS) is 43.9. The summed E-state index contributed by atoms with van der Waals surface area (Å²) in [6.07, 6.45) is 0. The summed E-state index contributed by atoms with van der Waals surface area (Å²) < 4.78 is 0. The lowest BCUT2D eigenvalue weighted by atomic mass is 9.95. The Labute approximate surface area is 60.2 Å². The summed E-state index contributed by atoms with van der Waals surface area (Å²) in [5.41, 5.74) is 0. The molecule has 0 aromatic rings. The summed E-state index contributed by atoms with van der Waals surface area (Å²) in [5, 5.41) is 0.905. The topological polar surface area (TPSA) is 17.1 Å². The first-order chi connectivity index (χ1) is 4.13. The van der Waals surface area contributed by atoms with Crippen LogP contribution in [0.2, 0.25) is 0 Å². The Balaban J connectivity index is 2.65. The van der Waals surface area contributed by atoms with Crippen molar-refractivity contribution in [3.8, 4) is 0 Å². The molecule has 0 amide bonds. The largest absolute Gasteiger partial charge is 0.287 e. The highest BCUT2D eigenvalue weighted by Gasteiger charge is 2.34. The van der Waals surface area contributed by atoms with Gasteiger partial charge in [-0.05, 0) is 5.92 Å². The van der Waals surface area contributed by atoms with Crippen molar-refractivity contribution in [1.82, 2.24) is 0 Å². The molecule has 1 nitrogen and oxygen atoms in total. The minimum Gasteiger partial charge on any atom is -0.287 e. The van der Waals surface area contributed by atoms with Crippen LogP contribution in [0.3, 0.4) is 0 Å². The van der Waals surface area contributed by atoms with E-state index in [1.165, 1.54) is 11.8 Å². The Bertz CT molecular complexity index is 133. The van der Waals surface area contributed by atoms with Crippen molar-refractivity contribution >= 4 is 16.9 Å². The summed E-state index contributed by atoms with van der Waals surface area (Å²) in [5.74, 6) is 0.854. The highest BCUT2D eigenvalue weighted by molar-refractivity contribution is 8.14. The molecule has 0 aromatic heterocycles. The van der Waals surface area contributed by atoms with Crippen LogP contribution in [0.15, 0.2) is 0 Å². The van der Waals surface area contributed by atoms with Crippen LogP contribution in [-0.4, -0.2) is 10.4 Å².